The Bertz CT molecular complexity index is 1030. The normalized spacial score (nSPS) is 21.1. The number of anilines is 1. The average Bonchev–Trinajstić information content (AvgIpc) is 3.42. The highest BCUT2D eigenvalue weighted by Gasteiger charge is 2.45. The van der Waals surface area contributed by atoms with Gasteiger partial charge in [0.2, 0.25) is 11.8 Å². The van der Waals surface area contributed by atoms with E-state index >= 15 is 0 Å². The van der Waals surface area contributed by atoms with Gasteiger partial charge in [-0.05, 0) is 60.2 Å². The third-order valence-electron chi connectivity index (χ3n) is 4.94. The third-order valence-corrected chi connectivity index (χ3v) is 6.82. The predicted molar refractivity (Wildman–Crippen MR) is 104 cm³/mol. The summed E-state index contributed by atoms with van der Waals surface area (Å²) in [6, 6.07) is 12.2. The number of hydrogen-bond acceptors (Lipinski definition) is 4. The van der Waals surface area contributed by atoms with Crippen molar-refractivity contribution < 1.29 is 18.0 Å². The lowest BCUT2D eigenvalue weighted by Crippen LogP contribution is -2.32. The molecular formula is C19H17BrN2O4S. The second-order valence-electron chi connectivity index (χ2n) is 6.84. The van der Waals surface area contributed by atoms with Crippen molar-refractivity contribution in [1.29, 1.82) is 0 Å². The Kier molecular flexibility index (Phi) is 4.55. The minimum absolute atomic E-state index is 0.0339. The molecule has 140 valence electrons. The number of benzene rings is 2. The molecule has 0 aromatic heterocycles. The van der Waals surface area contributed by atoms with Crippen LogP contribution in [-0.2, 0) is 26.0 Å². The van der Waals surface area contributed by atoms with E-state index in [0.717, 1.165) is 15.6 Å². The maximum Gasteiger partial charge on any atom is 0.264 e. The van der Waals surface area contributed by atoms with Crippen molar-refractivity contribution in [2.75, 3.05) is 5.32 Å². The van der Waals surface area contributed by atoms with Gasteiger partial charge in [-0.3, -0.25) is 9.59 Å². The molecule has 1 saturated carbocycles. The summed E-state index contributed by atoms with van der Waals surface area (Å²) in [6.07, 6.45) is 1.44. The molecular weight excluding hydrogens is 432 g/mol. The molecule has 4 rings (SSSR count). The van der Waals surface area contributed by atoms with E-state index in [9.17, 15) is 18.0 Å². The Labute approximate surface area is 165 Å². The van der Waals surface area contributed by atoms with Gasteiger partial charge in [-0.1, -0.05) is 28.1 Å². The summed E-state index contributed by atoms with van der Waals surface area (Å²) in [5.74, 6) is -0.849. The lowest BCUT2D eigenvalue weighted by Gasteiger charge is -2.17. The van der Waals surface area contributed by atoms with Crippen molar-refractivity contribution in [2.24, 2.45) is 5.92 Å². The largest absolute Gasteiger partial charge is 0.326 e. The van der Waals surface area contributed by atoms with Gasteiger partial charge in [-0.2, -0.15) is 0 Å². The third kappa shape index (κ3) is 3.77. The molecule has 0 radical (unpaired) electrons. The molecule has 0 saturated heterocycles. The minimum Gasteiger partial charge on any atom is -0.326 e. The van der Waals surface area contributed by atoms with E-state index in [4.69, 9.17) is 0 Å². The lowest BCUT2D eigenvalue weighted by molar-refractivity contribution is -0.120. The molecule has 2 aromatic carbocycles. The van der Waals surface area contributed by atoms with Crippen molar-refractivity contribution in [3.63, 3.8) is 0 Å². The van der Waals surface area contributed by atoms with E-state index in [1.807, 2.05) is 24.3 Å². The molecule has 1 heterocycles. The number of aryl methyl sites for hydroxylation is 1. The zero-order chi connectivity index (χ0) is 19.2. The van der Waals surface area contributed by atoms with Crippen molar-refractivity contribution >= 4 is 43.5 Å². The number of carbonyl (C=O) groups excluding carboxylic acids is 2. The van der Waals surface area contributed by atoms with Crippen LogP contribution in [0.4, 0.5) is 5.69 Å². The first-order valence-electron chi connectivity index (χ1n) is 8.58. The van der Waals surface area contributed by atoms with Crippen LogP contribution in [0.3, 0.4) is 0 Å². The Balaban J connectivity index is 1.47. The van der Waals surface area contributed by atoms with Gasteiger partial charge in [0, 0.05) is 22.5 Å². The predicted octanol–water partition coefficient (Wildman–Crippen LogP) is 2.94. The SMILES string of the molecule is O=C1CCc2cc(S(=O)(=O)NC(=O)[C@@H]3C[C@H]3c3ccc(Br)cc3)ccc2N1. The van der Waals surface area contributed by atoms with E-state index in [2.05, 4.69) is 26.0 Å². The Morgan fingerprint density at radius 3 is 2.59 bits per heavy atom. The topological polar surface area (TPSA) is 92.3 Å². The fraction of sp³-hybridized carbons (Fsp3) is 0.263. The second-order valence-corrected chi connectivity index (χ2v) is 9.44. The molecule has 2 amide bonds. The van der Waals surface area contributed by atoms with Gasteiger partial charge in [0.25, 0.3) is 10.0 Å². The van der Waals surface area contributed by atoms with Crippen LogP contribution in [0.15, 0.2) is 51.8 Å². The fourth-order valence-electron chi connectivity index (χ4n) is 3.36. The van der Waals surface area contributed by atoms with Gasteiger partial charge >= 0.3 is 0 Å². The molecule has 0 spiro atoms. The number of amides is 2. The van der Waals surface area contributed by atoms with E-state index in [0.29, 0.717) is 24.9 Å². The first kappa shape index (κ1) is 18.2. The van der Waals surface area contributed by atoms with Crippen molar-refractivity contribution in [3.05, 3.63) is 58.1 Å². The number of carbonyl (C=O) groups is 2. The molecule has 2 aliphatic rings. The number of rotatable bonds is 4. The van der Waals surface area contributed by atoms with Crippen molar-refractivity contribution in [2.45, 2.75) is 30.1 Å². The van der Waals surface area contributed by atoms with Crippen LogP contribution in [0, 0.1) is 5.92 Å². The number of halogens is 1. The first-order valence-corrected chi connectivity index (χ1v) is 10.9. The second kappa shape index (κ2) is 6.76. The standard InChI is InChI=1S/C19H17BrN2O4S/c20-13-4-1-11(2-5-13)15-10-16(15)19(24)22-27(25,26)14-6-7-17-12(9-14)3-8-18(23)21-17/h1-2,4-7,9,15-16H,3,8,10H2,(H,21,23)(H,22,24)/t15-,16+/m0/s1. The van der Waals surface area contributed by atoms with E-state index in [-0.39, 0.29) is 22.6 Å². The molecule has 0 unspecified atom stereocenters. The van der Waals surface area contributed by atoms with Crippen LogP contribution < -0.4 is 10.0 Å². The van der Waals surface area contributed by atoms with Crippen LogP contribution in [0.5, 0.6) is 0 Å². The van der Waals surface area contributed by atoms with Crippen molar-refractivity contribution in [3.8, 4) is 0 Å². The zero-order valence-corrected chi connectivity index (χ0v) is 16.6. The van der Waals surface area contributed by atoms with Gasteiger partial charge in [0.1, 0.15) is 0 Å². The molecule has 1 fully saturated rings. The molecule has 0 bridgehead atoms. The number of sulfonamides is 1. The summed E-state index contributed by atoms with van der Waals surface area (Å²) >= 11 is 3.37. The van der Waals surface area contributed by atoms with Gasteiger partial charge < -0.3 is 5.32 Å². The summed E-state index contributed by atoms with van der Waals surface area (Å²) in [6.45, 7) is 0. The van der Waals surface area contributed by atoms with Crippen molar-refractivity contribution in [1.82, 2.24) is 4.72 Å². The summed E-state index contributed by atoms with van der Waals surface area (Å²) in [4.78, 5) is 23.9. The maximum atomic E-state index is 12.6. The quantitative estimate of drug-likeness (QED) is 0.751. The maximum absolute atomic E-state index is 12.6. The summed E-state index contributed by atoms with van der Waals surface area (Å²) in [7, 11) is -3.94. The molecule has 2 atom stereocenters. The molecule has 8 heteroatoms. The van der Waals surface area contributed by atoms with Gasteiger partial charge in [0.15, 0.2) is 0 Å². The number of hydrogen-bond donors (Lipinski definition) is 2. The highest BCUT2D eigenvalue weighted by atomic mass is 79.9. The summed E-state index contributed by atoms with van der Waals surface area (Å²) in [5.41, 5.74) is 2.40. The Morgan fingerprint density at radius 2 is 1.85 bits per heavy atom. The van der Waals surface area contributed by atoms with Crippen LogP contribution in [0.25, 0.3) is 0 Å². The fourth-order valence-corrected chi connectivity index (χ4v) is 4.70. The van der Waals surface area contributed by atoms with Crippen LogP contribution in [0.1, 0.15) is 29.9 Å². The molecule has 2 aromatic rings. The van der Waals surface area contributed by atoms with E-state index in [1.54, 1.807) is 6.07 Å². The molecule has 1 aliphatic carbocycles. The van der Waals surface area contributed by atoms with Crippen LogP contribution >= 0.6 is 15.9 Å². The molecule has 27 heavy (non-hydrogen) atoms. The van der Waals surface area contributed by atoms with Crippen LogP contribution in [0.2, 0.25) is 0 Å². The van der Waals surface area contributed by atoms with Gasteiger partial charge in [-0.25, -0.2) is 13.1 Å². The van der Waals surface area contributed by atoms with Gasteiger partial charge in [0.05, 0.1) is 4.90 Å². The monoisotopic (exact) mass is 448 g/mol. The zero-order valence-electron chi connectivity index (χ0n) is 14.2. The Morgan fingerprint density at radius 1 is 1.11 bits per heavy atom. The number of fused-ring (bicyclic) bond motifs is 1. The smallest absolute Gasteiger partial charge is 0.264 e. The molecule has 2 N–H and O–H groups in total. The minimum atomic E-state index is -3.94. The number of nitrogens with one attached hydrogen (secondary N) is 2. The van der Waals surface area contributed by atoms with Crippen LogP contribution in [-0.4, -0.2) is 20.2 Å². The lowest BCUT2D eigenvalue weighted by atomic mass is 10.0. The average molecular weight is 449 g/mol. The molecule has 6 nitrogen and oxygen atoms in total. The van der Waals surface area contributed by atoms with E-state index in [1.165, 1.54) is 12.1 Å². The summed E-state index contributed by atoms with van der Waals surface area (Å²) in [5, 5.41) is 2.71. The molecule has 1 aliphatic heterocycles. The Hall–Kier alpha value is -2.19. The first-order chi connectivity index (χ1) is 12.8. The van der Waals surface area contributed by atoms with Gasteiger partial charge in [-0.15, -0.1) is 0 Å². The highest BCUT2D eigenvalue weighted by Crippen LogP contribution is 2.47. The van der Waals surface area contributed by atoms with E-state index < -0.39 is 15.9 Å². The summed E-state index contributed by atoms with van der Waals surface area (Å²) < 4.78 is 28.3. The highest BCUT2D eigenvalue weighted by molar-refractivity contribution is 9.10.